The van der Waals surface area contributed by atoms with Gasteiger partial charge in [0.1, 0.15) is 0 Å². The summed E-state index contributed by atoms with van der Waals surface area (Å²) < 4.78 is 21.7. The van der Waals surface area contributed by atoms with Crippen LogP contribution in [0.3, 0.4) is 0 Å². The second-order valence-electron chi connectivity index (χ2n) is 7.74. The van der Waals surface area contributed by atoms with Gasteiger partial charge in [-0.2, -0.15) is 0 Å². The summed E-state index contributed by atoms with van der Waals surface area (Å²) >= 11 is 6.00. The van der Waals surface area contributed by atoms with E-state index in [4.69, 9.17) is 30.9 Å². The summed E-state index contributed by atoms with van der Waals surface area (Å²) in [6.45, 7) is 13.8. The Balaban J connectivity index is -0.000000317. The molecule has 0 bridgehead atoms. The van der Waals surface area contributed by atoms with Gasteiger partial charge in [-0.05, 0) is 35.8 Å². The third kappa shape index (κ3) is 34.4. The maximum Gasteiger partial charge on any atom is 0.254 e. The summed E-state index contributed by atoms with van der Waals surface area (Å²) in [6, 6.07) is 0. The van der Waals surface area contributed by atoms with Crippen molar-refractivity contribution in [3.63, 3.8) is 0 Å². The summed E-state index contributed by atoms with van der Waals surface area (Å²) in [4.78, 5) is 9.08. The zero-order valence-corrected chi connectivity index (χ0v) is 20.4. The van der Waals surface area contributed by atoms with Crippen LogP contribution in [-0.4, -0.2) is 49.4 Å². The molecule has 5 nitrogen and oxygen atoms in total. The molecule has 24 heavy (non-hydrogen) atoms. The van der Waals surface area contributed by atoms with Gasteiger partial charge in [0.05, 0.1) is 13.2 Å². The highest BCUT2D eigenvalue weighted by molar-refractivity contribution is 8.56. The summed E-state index contributed by atoms with van der Waals surface area (Å²) in [5.41, 5.74) is 0.185. The molecule has 0 heterocycles. The van der Waals surface area contributed by atoms with E-state index < -0.39 is 13.1 Å². The fourth-order valence-corrected chi connectivity index (χ4v) is 2.66. The first-order chi connectivity index (χ1) is 10.4. The summed E-state index contributed by atoms with van der Waals surface area (Å²) in [5, 5.41) is 7.57. The molecule has 0 aliphatic carbocycles. The minimum absolute atomic E-state index is 0.0861. The van der Waals surface area contributed by atoms with E-state index in [1.54, 1.807) is 20.3 Å². The third-order valence-electron chi connectivity index (χ3n) is 1.80. The van der Waals surface area contributed by atoms with Crippen LogP contribution in [0.2, 0.25) is 0 Å². The predicted molar refractivity (Wildman–Crippen MR) is 113 cm³/mol. The highest BCUT2D eigenvalue weighted by Gasteiger charge is 2.18. The maximum absolute atomic E-state index is 11.4. The van der Waals surface area contributed by atoms with Crippen molar-refractivity contribution in [2.75, 3.05) is 39.4 Å². The minimum Gasteiger partial charge on any atom is -0.397 e. The van der Waals surface area contributed by atoms with Crippen molar-refractivity contribution >= 4 is 36.3 Å². The second-order valence-corrected chi connectivity index (χ2v) is 16.9. The van der Waals surface area contributed by atoms with Crippen LogP contribution < -0.4 is 0 Å². The molecule has 150 valence electrons. The van der Waals surface area contributed by atoms with E-state index in [1.165, 1.54) is 11.4 Å². The first-order valence-corrected chi connectivity index (χ1v) is 14.7. The van der Waals surface area contributed by atoms with E-state index in [0.29, 0.717) is 13.2 Å². The van der Waals surface area contributed by atoms with Gasteiger partial charge in [-0.25, -0.2) is 0 Å². The Kier molecular flexibility index (Phi) is 16.5. The fourth-order valence-electron chi connectivity index (χ4n) is 0.677. The Bertz CT molecular complexity index is 398. The van der Waals surface area contributed by atoms with Crippen LogP contribution in [0, 0.1) is 10.8 Å². The van der Waals surface area contributed by atoms with Gasteiger partial charge >= 0.3 is 0 Å². The quantitative estimate of drug-likeness (QED) is 0.586. The Morgan fingerprint density at radius 1 is 1.00 bits per heavy atom. The third-order valence-corrected chi connectivity index (χ3v) is 6.29. The van der Waals surface area contributed by atoms with Gasteiger partial charge in [0, 0.05) is 19.9 Å². The average molecular weight is 425 g/mol. The molecule has 0 aliphatic heterocycles. The van der Waals surface area contributed by atoms with Gasteiger partial charge in [-0.1, -0.05) is 52.9 Å². The Labute approximate surface area is 158 Å². The van der Waals surface area contributed by atoms with E-state index in [1.807, 2.05) is 27.0 Å². The van der Waals surface area contributed by atoms with Crippen LogP contribution in [-0.2, 0) is 25.4 Å². The molecule has 0 aromatic rings. The van der Waals surface area contributed by atoms with Crippen LogP contribution in [0.5, 0.6) is 0 Å². The first kappa shape index (κ1) is 29.8. The summed E-state index contributed by atoms with van der Waals surface area (Å²) in [5.74, 6) is 0. The van der Waals surface area contributed by atoms with Crippen molar-refractivity contribution in [2.45, 2.75) is 48.5 Å². The lowest BCUT2D eigenvalue weighted by Gasteiger charge is -2.20. The van der Waals surface area contributed by atoms with Gasteiger partial charge in [0.2, 0.25) is 0 Å². The van der Waals surface area contributed by atoms with Crippen LogP contribution >= 0.6 is 24.4 Å². The monoisotopic (exact) mass is 424 g/mol. The van der Waals surface area contributed by atoms with Crippen LogP contribution in [0.25, 0.3) is 0 Å². The molecule has 0 fully saturated rings. The van der Waals surface area contributed by atoms with E-state index in [-0.39, 0.29) is 17.4 Å². The van der Waals surface area contributed by atoms with Gasteiger partial charge in [-0.3, -0.25) is 4.57 Å². The largest absolute Gasteiger partial charge is 0.397 e. The van der Waals surface area contributed by atoms with Crippen LogP contribution in [0.1, 0.15) is 48.5 Å². The first-order valence-electron chi connectivity index (χ1n) is 7.72. The number of aliphatic hydroxyl groups excluding tert-OH is 1. The number of hydrogen-bond donors (Lipinski definition) is 2. The minimum atomic E-state index is -2.43. The van der Waals surface area contributed by atoms with Crippen molar-refractivity contribution < 1.29 is 23.6 Å². The van der Waals surface area contributed by atoms with Crippen LogP contribution in [0.4, 0.5) is 0 Å². The Morgan fingerprint density at radius 3 is 1.46 bits per heavy atom. The predicted octanol–water partition coefficient (Wildman–Crippen LogP) is 5.21. The van der Waals surface area contributed by atoms with Crippen molar-refractivity contribution in [1.29, 1.82) is 0 Å². The van der Waals surface area contributed by atoms with Crippen molar-refractivity contribution in [1.82, 2.24) is 0 Å². The van der Waals surface area contributed by atoms with E-state index in [9.17, 15) is 4.57 Å². The SMILES string of the molecule is CC(C)(C)COP(C)(O)=S.CCO.CSP(C)(=O)OCC(C)(C)C. The zero-order valence-electron chi connectivity index (χ0n) is 17.0. The Morgan fingerprint density at radius 2 is 1.29 bits per heavy atom. The van der Waals surface area contributed by atoms with Crippen molar-refractivity contribution in [3.05, 3.63) is 0 Å². The Hall–Kier alpha value is 1.07. The molecule has 0 saturated carbocycles. The number of aliphatic hydroxyl groups is 1. The molecule has 2 unspecified atom stereocenters. The van der Waals surface area contributed by atoms with Gasteiger partial charge in [-0.15, -0.1) is 0 Å². The molecule has 2 atom stereocenters. The highest BCUT2D eigenvalue weighted by Crippen LogP contribution is 2.55. The summed E-state index contributed by atoms with van der Waals surface area (Å²) in [7, 11) is 0. The molecule has 0 rings (SSSR count). The van der Waals surface area contributed by atoms with E-state index >= 15 is 0 Å². The van der Waals surface area contributed by atoms with Crippen molar-refractivity contribution in [3.8, 4) is 0 Å². The molecule has 0 aromatic heterocycles. The van der Waals surface area contributed by atoms with Gasteiger partial charge in [0.15, 0.2) is 6.49 Å². The molecule has 0 aliphatic rings. The molecule has 0 radical (unpaired) electrons. The molecule has 2 N–H and O–H groups in total. The molecule has 0 spiro atoms. The standard InChI is InChI=1S/C7H17O2PS.C6H15O2PS.C2H6O/c1-7(2,3)6-9-10(4,8)11-5;1-6(2,3)5-8-9(4,7)10;1-2-3/h6H2,1-5H3;5H2,1-4H3,(H,7,10);3H,2H2,1H3. The fraction of sp³-hybridized carbons (Fsp3) is 1.00. The maximum atomic E-state index is 11.4. The van der Waals surface area contributed by atoms with Crippen LogP contribution in [0.15, 0.2) is 0 Å². The van der Waals surface area contributed by atoms with Gasteiger partial charge < -0.3 is 19.0 Å². The van der Waals surface area contributed by atoms with Crippen molar-refractivity contribution in [2.24, 2.45) is 10.8 Å². The molecule has 0 aromatic carbocycles. The molecule has 0 saturated heterocycles. The highest BCUT2D eigenvalue weighted by atomic mass is 32.7. The molecule has 0 amide bonds. The number of hydrogen-bond acceptors (Lipinski definition) is 6. The zero-order chi connectivity index (χ0) is 20.2. The average Bonchev–Trinajstić information content (AvgIpc) is 2.34. The van der Waals surface area contributed by atoms with E-state index in [0.717, 1.165) is 0 Å². The second kappa shape index (κ2) is 13.3. The summed E-state index contributed by atoms with van der Waals surface area (Å²) in [6.07, 6.45) is 1.81. The number of rotatable bonds is 5. The normalized spacial score (nSPS) is 16.7. The lowest BCUT2D eigenvalue weighted by Crippen LogP contribution is -2.13. The molecular formula is C15H38O5P2S2. The topological polar surface area (TPSA) is 76.0 Å². The lowest BCUT2D eigenvalue weighted by atomic mass is 9.99. The van der Waals surface area contributed by atoms with Gasteiger partial charge in [0.25, 0.3) is 6.57 Å². The van der Waals surface area contributed by atoms with E-state index in [2.05, 4.69) is 20.8 Å². The molecule has 9 heteroatoms. The molecular weight excluding hydrogens is 386 g/mol. The lowest BCUT2D eigenvalue weighted by molar-refractivity contribution is 0.198. The smallest absolute Gasteiger partial charge is 0.254 e.